The summed E-state index contributed by atoms with van der Waals surface area (Å²) in [4.78, 5) is 4.26. The van der Waals surface area contributed by atoms with Crippen molar-refractivity contribution in [1.82, 2.24) is 10.3 Å². The van der Waals surface area contributed by atoms with Crippen LogP contribution in [0.25, 0.3) is 0 Å². The normalized spacial score (nSPS) is 10.3. The number of hydrogen-bond acceptors (Lipinski definition) is 4. The van der Waals surface area contributed by atoms with Crippen molar-refractivity contribution in [2.45, 2.75) is 6.54 Å². The smallest absolute Gasteiger partial charge is 0.223 e. The second-order valence-electron chi connectivity index (χ2n) is 3.90. The van der Waals surface area contributed by atoms with E-state index in [1.807, 2.05) is 37.4 Å². The zero-order chi connectivity index (χ0) is 13.7. The number of rotatable bonds is 5. The molecule has 2 aromatic rings. The van der Waals surface area contributed by atoms with E-state index in [0.29, 0.717) is 18.2 Å². The molecular formula is C14H15BrN2O2. The maximum Gasteiger partial charge on any atom is 0.223 e. The third kappa shape index (κ3) is 3.45. The molecule has 2 rings (SSSR count). The van der Waals surface area contributed by atoms with Crippen LogP contribution in [-0.4, -0.2) is 19.1 Å². The van der Waals surface area contributed by atoms with E-state index in [-0.39, 0.29) is 0 Å². The van der Waals surface area contributed by atoms with Crippen molar-refractivity contribution >= 4 is 15.9 Å². The number of nitrogens with one attached hydrogen (secondary N) is 1. The molecule has 0 saturated carbocycles. The van der Waals surface area contributed by atoms with E-state index >= 15 is 0 Å². The van der Waals surface area contributed by atoms with Gasteiger partial charge in [0.1, 0.15) is 11.5 Å². The van der Waals surface area contributed by atoms with Crippen LogP contribution in [0.2, 0.25) is 0 Å². The molecule has 5 heteroatoms. The number of pyridine rings is 1. The van der Waals surface area contributed by atoms with Crippen LogP contribution >= 0.6 is 15.9 Å². The minimum atomic E-state index is 0.600. The first-order chi connectivity index (χ1) is 9.24. The Bertz CT molecular complexity index is 561. The summed E-state index contributed by atoms with van der Waals surface area (Å²) in [6.45, 7) is 0.705. The number of hydrogen-bond donors (Lipinski definition) is 1. The maximum atomic E-state index is 5.84. The van der Waals surface area contributed by atoms with Crippen LogP contribution in [0.1, 0.15) is 5.56 Å². The third-order valence-corrected chi connectivity index (χ3v) is 3.18. The molecule has 0 amide bonds. The fourth-order valence-corrected chi connectivity index (χ4v) is 2.08. The summed E-state index contributed by atoms with van der Waals surface area (Å²) in [5.41, 5.74) is 1.01. The van der Waals surface area contributed by atoms with Crippen molar-refractivity contribution in [3.8, 4) is 17.4 Å². The van der Waals surface area contributed by atoms with Crippen LogP contribution in [0.5, 0.6) is 17.4 Å². The first kappa shape index (κ1) is 13.8. The van der Waals surface area contributed by atoms with Gasteiger partial charge in [-0.15, -0.1) is 0 Å². The van der Waals surface area contributed by atoms with Gasteiger partial charge in [-0.25, -0.2) is 4.98 Å². The fraction of sp³-hybridized carbons (Fsp3) is 0.214. The number of benzene rings is 1. The molecule has 4 nitrogen and oxygen atoms in total. The largest absolute Gasteiger partial charge is 0.497 e. The van der Waals surface area contributed by atoms with Crippen LogP contribution in [0, 0.1) is 0 Å². The van der Waals surface area contributed by atoms with E-state index < -0.39 is 0 Å². The molecule has 100 valence electrons. The van der Waals surface area contributed by atoms with E-state index in [0.717, 1.165) is 15.8 Å². The van der Waals surface area contributed by atoms with E-state index in [1.54, 1.807) is 13.3 Å². The zero-order valence-electron chi connectivity index (χ0n) is 10.8. The summed E-state index contributed by atoms with van der Waals surface area (Å²) in [6, 6.07) is 9.43. The van der Waals surface area contributed by atoms with Gasteiger partial charge in [0.2, 0.25) is 5.88 Å². The standard InChI is InChI=1S/C14H15BrN2O2/c1-16-9-10-4-3-7-17-14(10)19-13-6-5-11(18-2)8-12(13)15/h3-8,16H,9H2,1-2H3. The predicted molar refractivity (Wildman–Crippen MR) is 77.8 cm³/mol. The third-order valence-electron chi connectivity index (χ3n) is 2.56. The quantitative estimate of drug-likeness (QED) is 0.916. The summed E-state index contributed by atoms with van der Waals surface area (Å²) in [5.74, 6) is 2.08. The molecule has 0 saturated heterocycles. The number of aromatic nitrogens is 1. The Balaban J connectivity index is 2.26. The van der Waals surface area contributed by atoms with Crippen LogP contribution in [0.4, 0.5) is 0 Å². The number of ether oxygens (including phenoxy) is 2. The average molecular weight is 323 g/mol. The Morgan fingerprint density at radius 3 is 2.84 bits per heavy atom. The van der Waals surface area contributed by atoms with Crippen LogP contribution in [0.3, 0.4) is 0 Å². The summed E-state index contributed by atoms with van der Waals surface area (Å²) in [7, 11) is 3.52. The van der Waals surface area contributed by atoms with E-state index in [9.17, 15) is 0 Å². The Labute approximate surface area is 120 Å². The van der Waals surface area contributed by atoms with Gasteiger partial charge in [0, 0.05) is 18.3 Å². The number of halogens is 1. The molecule has 1 aromatic heterocycles. The summed E-state index contributed by atoms with van der Waals surface area (Å²) in [6.07, 6.45) is 1.71. The molecule has 0 aliphatic heterocycles. The van der Waals surface area contributed by atoms with Gasteiger partial charge in [0.05, 0.1) is 11.6 Å². The molecule has 0 atom stereocenters. The highest BCUT2D eigenvalue weighted by Crippen LogP contribution is 2.33. The van der Waals surface area contributed by atoms with Gasteiger partial charge >= 0.3 is 0 Å². The van der Waals surface area contributed by atoms with Crippen molar-refractivity contribution in [2.75, 3.05) is 14.2 Å². The highest BCUT2D eigenvalue weighted by atomic mass is 79.9. The highest BCUT2D eigenvalue weighted by molar-refractivity contribution is 9.10. The molecule has 0 bridgehead atoms. The molecule has 0 unspecified atom stereocenters. The van der Waals surface area contributed by atoms with Crippen molar-refractivity contribution in [1.29, 1.82) is 0 Å². The van der Waals surface area contributed by atoms with Crippen molar-refractivity contribution in [3.63, 3.8) is 0 Å². The Hall–Kier alpha value is -1.59. The molecule has 1 N–H and O–H groups in total. The summed E-state index contributed by atoms with van der Waals surface area (Å²) in [5, 5.41) is 3.09. The Morgan fingerprint density at radius 1 is 1.32 bits per heavy atom. The molecule has 0 aliphatic carbocycles. The van der Waals surface area contributed by atoms with Gasteiger partial charge in [-0.05, 0) is 47.2 Å². The lowest BCUT2D eigenvalue weighted by atomic mass is 10.2. The van der Waals surface area contributed by atoms with Gasteiger partial charge in [-0.3, -0.25) is 0 Å². The van der Waals surface area contributed by atoms with Crippen molar-refractivity contribution in [3.05, 3.63) is 46.6 Å². The minimum Gasteiger partial charge on any atom is -0.497 e. The molecular weight excluding hydrogens is 308 g/mol. The molecule has 0 spiro atoms. The zero-order valence-corrected chi connectivity index (χ0v) is 12.4. The lowest BCUT2D eigenvalue weighted by Crippen LogP contribution is -2.07. The first-order valence-corrected chi connectivity index (χ1v) is 6.63. The van der Waals surface area contributed by atoms with E-state index in [2.05, 4.69) is 26.2 Å². The first-order valence-electron chi connectivity index (χ1n) is 5.84. The monoisotopic (exact) mass is 322 g/mol. The maximum absolute atomic E-state index is 5.84. The lowest BCUT2D eigenvalue weighted by Gasteiger charge is -2.11. The fourth-order valence-electron chi connectivity index (χ4n) is 1.64. The molecule has 0 aliphatic rings. The average Bonchev–Trinajstić information content (AvgIpc) is 2.43. The van der Waals surface area contributed by atoms with Gasteiger partial charge < -0.3 is 14.8 Å². The van der Waals surface area contributed by atoms with E-state index in [4.69, 9.17) is 9.47 Å². The Kier molecular flexibility index (Phi) is 4.76. The van der Waals surface area contributed by atoms with Gasteiger partial charge in [-0.2, -0.15) is 0 Å². The molecule has 1 aromatic carbocycles. The van der Waals surface area contributed by atoms with Crippen LogP contribution in [0.15, 0.2) is 41.0 Å². The van der Waals surface area contributed by atoms with Crippen molar-refractivity contribution in [2.24, 2.45) is 0 Å². The Morgan fingerprint density at radius 2 is 2.16 bits per heavy atom. The van der Waals surface area contributed by atoms with Gasteiger partial charge in [-0.1, -0.05) is 6.07 Å². The summed E-state index contributed by atoms with van der Waals surface area (Å²) < 4.78 is 11.8. The lowest BCUT2D eigenvalue weighted by molar-refractivity contribution is 0.411. The SMILES string of the molecule is CNCc1cccnc1Oc1ccc(OC)cc1Br. The summed E-state index contributed by atoms with van der Waals surface area (Å²) >= 11 is 3.46. The van der Waals surface area contributed by atoms with Crippen molar-refractivity contribution < 1.29 is 9.47 Å². The van der Waals surface area contributed by atoms with Crippen LogP contribution < -0.4 is 14.8 Å². The molecule has 1 heterocycles. The van der Waals surface area contributed by atoms with Crippen LogP contribution in [-0.2, 0) is 6.54 Å². The highest BCUT2D eigenvalue weighted by Gasteiger charge is 2.08. The van der Waals surface area contributed by atoms with E-state index in [1.165, 1.54) is 0 Å². The van der Waals surface area contributed by atoms with Gasteiger partial charge in [0.15, 0.2) is 0 Å². The minimum absolute atomic E-state index is 0.600. The molecule has 19 heavy (non-hydrogen) atoms. The predicted octanol–water partition coefficient (Wildman–Crippen LogP) is 3.36. The molecule has 0 fully saturated rings. The molecule has 0 radical (unpaired) electrons. The number of methoxy groups -OCH3 is 1. The topological polar surface area (TPSA) is 43.4 Å². The second kappa shape index (κ2) is 6.54. The second-order valence-corrected chi connectivity index (χ2v) is 4.75. The number of nitrogens with zero attached hydrogens (tertiary/aromatic N) is 1. The van der Waals surface area contributed by atoms with Gasteiger partial charge in [0.25, 0.3) is 0 Å².